The molecule has 1 amide bonds. The maximum atomic E-state index is 12.2. The molecule has 3 rings (SSSR count). The number of aryl methyl sites for hydroxylation is 1. The van der Waals surface area contributed by atoms with Crippen molar-refractivity contribution in [2.24, 2.45) is 0 Å². The molecule has 0 saturated heterocycles. The standard InChI is InChI=1S/C22H26N4O2/c1-4-26(5-2)18-9-11-20(16(3)13-18)25-17-8-10-21(23-14-17)22(27)24-15-19-7-6-12-28-19/h6-14,25H,4-5,15H2,1-3H3,(H,24,27). The van der Waals surface area contributed by atoms with Crippen molar-refractivity contribution in [3.8, 4) is 0 Å². The summed E-state index contributed by atoms with van der Waals surface area (Å²) in [6.45, 7) is 8.70. The number of nitrogens with one attached hydrogen (secondary N) is 2. The Bertz CT molecular complexity index is 901. The molecule has 2 N–H and O–H groups in total. The summed E-state index contributed by atoms with van der Waals surface area (Å²) < 4.78 is 5.21. The zero-order chi connectivity index (χ0) is 19.9. The molecule has 0 saturated carbocycles. The van der Waals surface area contributed by atoms with E-state index in [4.69, 9.17) is 4.42 Å². The van der Waals surface area contributed by atoms with E-state index in [0.717, 1.165) is 30.0 Å². The van der Waals surface area contributed by atoms with Crippen LogP contribution in [0.4, 0.5) is 17.1 Å². The van der Waals surface area contributed by atoms with Crippen molar-refractivity contribution in [2.45, 2.75) is 27.3 Å². The predicted octanol–water partition coefficient (Wildman–Crippen LogP) is 4.50. The molecule has 1 aromatic carbocycles. The molecule has 0 fully saturated rings. The minimum Gasteiger partial charge on any atom is -0.467 e. The minimum atomic E-state index is -0.234. The third-order valence-electron chi connectivity index (χ3n) is 4.62. The Hall–Kier alpha value is -3.28. The molecule has 6 nitrogen and oxygen atoms in total. The van der Waals surface area contributed by atoms with Gasteiger partial charge in [-0.3, -0.25) is 4.79 Å². The highest BCUT2D eigenvalue weighted by Gasteiger charge is 2.09. The lowest BCUT2D eigenvalue weighted by molar-refractivity contribution is 0.0943. The number of amides is 1. The van der Waals surface area contributed by atoms with Crippen LogP contribution in [0.5, 0.6) is 0 Å². The SMILES string of the molecule is CCN(CC)c1ccc(Nc2ccc(C(=O)NCc3ccco3)nc2)c(C)c1. The summed E-state index contributed by atoms with van der Waals surface area (Å²) in [5, 5.41) is 6.15. The summed E-state index contributed by atoms with van der Waals surface area (Å²) in [6.07, 6.45) is 3.25. The number of benzene rings is 1. The van der Waals surface area contributed by atoms with E-state index in [1.807, 2.05) is 12.1 Å². The predicted molar refractivity (Wildman–Crippen MR) is 112 cm³/mol. The highest BCUT2D eigenvalue weighted by Crippen LogP contribution is 2.25. The van der Waals surface area contributed by atoms with Crippen molar-refractivity contribution < 1.29 is 9.21 Å². The molecule has 0 atom stereocenters. The first-order valence-electron chi connectivity index (χ1n) is 9.50. The van der Waals surface area contributed by atoms with Gasteiger partial charge in [-0.1, -0.05) is 0 Å². The lowest BCUT2D eigenvalue weighted by Gasteiger charge is -2.22. The summed E-state index contributed by atoms with van der Waals surface area (Å²) in [5.74, 6) is 0.470. The van der Waals surface area contributed by atoms with E-state index < -0.39 is 0 Å². The molecule has 0 spiro atoms. The molecule has 146 valence electrons. The quantitative estimate of drug-likeness (QED) is 0.604. The van der Waals surface area contributed by atoms with Crippen LogP contribution in [0.25, 0.3) is 0 Å². The lowest BCUT2D eigenvalue weighted by Crippen LogP contribution is -2.23. The first-order chi connectivity index (χ1) is 13.6. The van der Waals surface area contributed by atoms with Gasteiger partial charge in [0.25, 0.3) is 5.91 Å². The Balaban J connectivity index is 1.63. The number of pyridine rings is 1. The summed E-state index contributed by atoms with van der Waals surface area (Å²) in [6, 6.07) is 13.5. The average Bonchev–Trinajstić information content (AvgIpc) is 3.23. The number of aromatic nitrogens is 1. The van der Waals surface area contributed by atoms with Crippen molar-refractivity contribution in [3.63, 3.8) is 0 Å². The van der Waals surface area contributed by atoms with Crippen LogP contribution in [0.3, 0.4) is 0 Å². The monoisotopic (exact) mass is 378 g/mol. The number of nitrogens with zero attached hydrogens (tertiary/aromatic N) is 2. The van der Waals surface area contributed by atoms with E-state index in [2.05, 4.69) is 59.5 Å². The van der Waals surface area contributed by atoms with Crippen molar-refractivity contribution in [1.29, 1.82) is 0 Å². The van der Waals surface area contributed by atoms with Gasteiger partial charge in [0, 0.05) is 24.5 Å². The first kappa shape index (κ1) is 19.5. The molecule has 0 aliphatic carbocycles. The van der Waals surface area contributed by atoms with E-state index in [1.165, 1.54) is 5.69 Å². The van der Waals surface area contributed by atoms with Crippen molar-refractivity contribution in [2.75, 3.05) is 23.3 Å². The van der Waals surface area contributed by atoms with Gasteiger partial charge in [0.15, 0.2) is 0 Å². The Labute approximate surface area is 165 Å². The zero-order valence-electron chi connectivity index (χ0n) is 16.5. The fourth-order valence-electron chi connectivity index (χ4n) is 3.00. The first-order valence-corrected chi connectivity index (χ1v) is 9.50. The average molecular weight is 378 g/mol. The summed E-state index contributed by atoms with van der Waals surface area (Å²) in [4.78, 5) is 18.8. The second kappa shape index (κ2) is 9.08. The molecular formula is C22H26N4O2. The van der Waals surface area contributed by atoms with Crippen LogP contribution in [-0.2, 0) is 6.54 Å². The van der Waals surface area contributed by atoms with Crippen LogP contribution in [-0.4, -0.2) is 24.0 Å². The summed E-state index contributed by atoms with van der Waals surface area (Å²) in [7, 11) is 0. The fourth-order valence-corrected chi connectivity index (χ4v) is 3.00. The molecule has 2 aromatic heterocycles. The molecule has 0 aliphatic rings. The Morgan fingerprint density at radius 3 is 2.57 bits per heavy atom. The lowest BCUT2D eigenvalue weighted by atomic mass is 10.1. The third-order valence-corrected chi connectivity index (χ3v) is 4.62. The topological polar surface area (TPSA) is 70.4 Å². The molecule has 3 aromatic rings. The molecule has 0 bridgehead atoms. The normalized spacial score (nSPS) is 10.5. The number of anilines is 3. The molecule has 0 aliphatic heterocycles. The number of rotatable bonds is 8. The smallest absolute Gasteiger partial charge is 0.270 e. The Kier molecular flexibility index (Phi) is 6.32. The number of carbonyl (C=O) groups excluding carboxylic acids is 1. The van der Waals surface area contributed by atoms with Crippen LogP contribution >= 0.6 is 0 Å². The minimum absolute atomic E-state index is 0.234. The van der Waals surface area contributed by atoms with Gasteiger partial charge in [-0.15, -0.1) is 0 Å². The molecule has 0 radical (unpaired) electrons. The van der Waals surface area contributed by atoms with Gasteiger partial charge in [-0.25, -0.2) is 4.98 Å². The van der Waals surface area contributed by atoms with Crippen molar-refractivity contribution in [1.82, 2.24) is 10.3 Å². The summed E-state index contributed by atoms with van der Waals surface area (Å²) >= 11 is 0. The van der Waals surface area contributed by atoms with Gasteiger partial charge in [0.05, 0.1) is 24.7 Å². The highest BCUT2D eigenvalue weighted by atomic mass is 16.3. The van der Waals surface area contributed by atoms with Gasteiger partial charge in [-0.05, 0) is 68.8 Å². The molecule has 2 heterocycles. The number of hydrogen-bond acceptors (Lipinski definition) is 5. The molecular weight excluding hydrogens is 352 g/mol. The number of carbonyl (C=O) groups is 1. The van der Waals surface area contributed by atoms with E-state index in [0.29, 0.717) is 18.0 Å². The van der Waals surface area contributed by atoms with Gasteiger partial charge in [-0.2, -0.15) is 0 Å². The molecule has 6 heteroatoms. The second-order valence-corrected chi connectivity index (χ2v) is 6.49. The maximum Gasteiger partial charge on any atom is 0.270 e. The maximum absolute atomic E-state index is 12.2. The van der Waals surface area contributed by atoms with Crippen molar-refractivity contribution in [3.05, 3.63) is 71.9 Å². The van der Waals surface area contributed by atoms with E-state index in [1.54, 1.807) is 24.6 Å². The molecule has 28 heavy (non-hydrogen) atoms. The number of hydrogen-bond donors (Lipinski definition) is 2. The van der Waals surface area contributed by atoms with Crippen LogP contribution in [0.1, 0.15) is 35.7 Å². The van der Waals surface area contributed by atoms with Crippen LogP contribution in [0.2, 0.25) is 0 Å². The van der Waals surface area contributed by atoms with E-state index >= 15 is 0 Å². The third kappa shape index (κ3) is 4.71. The Morgan fingerprint density at radius 2 is 1.96 bits per heavy atom. The Morgan fingerprint density at radius 1 is 1.14 bits per heavy atom. The van der Waals surface area contributed by atoms with E-state index in [9.17, 15) is 4.79 Å². The number of furan rings is 1. The van der Waals surface area contributed by atoms with Crippen LogP contribution in [0, 0.1) is 6.92 Å². The highest BCUT2D eigenvalue weighted by molar-refractivity contribution is 5.92. The molecule has 0 unspecified atom stereocenters. The van der Waals surface area contributed by atoms with Crippen LogP contribution < -0.4 is 15.5 Å². The van der Waals surface area contributed by atoms with Gasteiger partial charge >= 0.3 is 0 Å². The van der Waals surface area contributed by atoms with Gasteiger partial charge in [0.1, 0.15) is 11.5 Å². The zero-order valence-corrected chi connectivity index (χ0v) is 16.5. The van der Waals surface area contributed by atoms with Crippen LogP contribution in [0.15, 0.2) is 59.3 Å². The fraction of sp³-hybridized carbons (Fsp3) is 0.273. The van der Waals surface area contributed by atoms with Gasteiger partial charge in [0.2, 0.25) is 0 Å². The van der Waals surface area contributed by atoms with Crippen molar-refractivity contribution >= 4 is 23.0 Å². The summed E-state index contributed by atoms with van der Waals surface area (Å²) in [5.41, 5.74) is 4.60. The van der Waals surface area contributed by atoms with Gasteiger partial charge < -0.3 is 20.0 Å². The second-order valence-electron chi connectivity index (χ2n) is 6.49. The van der Waals surface area contributed by atoms with E-state index in [-0.39, 0.29) is 5.91 Å². The largest absolute Gasteiger partial charge is 0.467 e.